The maximum absolute atomic E-state index is 8.74. The molecule has 0 aliphatic heterocycles. The minimum atomic E-state index is 0.179. The summed E-state index contributed by atoms with van der Waals surface area (Å²) in [5, 5.41) is 10.1. The van der Waals surface area contributed by atoms with E-state index in [1.54, 1.807) is 24.4 Å². The number of benzene rings is 1. The van der Waals surface area contributed by atoms with Crippen molar-refractivity contribution < 1.29 is 0 Å². The van der Waals surface area contributed by atoms with Gasteiger partial charge in [0.05, 0.1) is 27.6 Å². The predicted molar refractivity (Wildman–Crippen MR) is 79.0 cm³/mol. The van der Waals surface area contributed by atoms with Crippen LogP contribution in [0.2, 0.25) is 20.2 Å². The molecule has 2 aromatic rings. The van der Waals surface area contributed by atoms with Crippen LogP contribution in [0.5, 0.6) is 0 Å². The maximum Gasteiger partial charge on any atom is 0.133 e. The largest absolute Gasteiger partial charge is 0.244 e. The highest BCUT2D eigenvalue weighted by Gasteiger charge is 2.12. The molecule has 6 heteroatoms. The van der Waals surface area contributed by atoms with Gasteiger partial charge in [0, 0.05) is 22.9 Å². The number of halogens is 4. The number of hydrogen-bond donors (Lipinski definition) is 0. The molecule has 1 aromatic carbocycles. The third kappa shape index (κ3) is 2.96. The van der Waals surface area contributed by atoms with Crippen LogP contribution in [0.25, 0.3) is 11.1 Å². The predicted octanol–water partition coefficient (Wildman–Crippen LogP) is 5.43. The Balaban J connectivity index is 2.57. The second-order valence-corrected chi connectivity index (χ2v) is 5.25. The minimum Gasteiger partial charge on any atom is -0.244 e. The Labute approximate surface area is 130 Å². The molecule has 0 aliphatic rings. The average Bonchev–Trinajstić information content (AvgIpc) is 2.39. The molecule has 0 bridgehead atoms. The molecule has 0 N–H and O–H groups in total. The molecule has 0 saturated carbocycles. The van der Waals surface area contributed by atoms with Crippen molar-refractivity contribution in [2.75, 3.05) is 0 Å². The van der Waals surface area contributed by atoms with Crippen molar-refractivity contribution in [3.05, 3.63) is 50.2 Å². The highest BCUT2D eigenvalue weighted by Crippen LogP contribution is 2.38. The van der Waals surface area contributed by atoms with Gasteiger partial charge in [-0.05, 0) is 12.1 Å². The second kappa shape index (κ2) is 5.98. The van der Waals surface area contributed by atoms with E-state index >= 15 is 0 Å². The number of aromatic nitrogens is 1. The van der Waals surface area contributed by atoms with Crippen LogP contribution >= 0.6 is 46.4 Å². The van der Waals surface area contributed by atoms with Gasteiger partial charge in [-0.3, -0.25) is 0 Å². The topological polar surface area (TPSA) is 36.7 Å². The van der Waals surface area contributed by atoms with Crippen molar-refractivity contribution in [1.82, 2.24) is 4.98 Å². The Hall–Kier alpha value is -0.980. The molecule has 0 aliphatic carbocycles. The molecule has 96 valence electrons. The van der Waals surface area contributed by atoms with E-state index in [1.807, 2.05) is 6.07 Å². The Bertz CT molecular complexity index is 677. The summed E-state index contributed by atoms with van der Waals surface area (Å²) in [5.74, 6) is 0. The fourth-order valence-electron chi connectivity index (χ4n) is 1.60. The molecule has 0 unspecified atom stereocenters. The van der Waals surface area contributed by atoms with Gasteiger partial charge in [0.25, 0.3) is 0 Å². The zero-order valence-electron chi connectivity index (χ0n) is 9.42. The van der Waals surface area contributed by atoms with Crippen molar-refractivity contribution in [2.24, 2.45) is 0 Å². The highest BCUT2D eigenvalue weighted by atomic mass is 35.5. The van der Waals surface area contributed by atoms with Gasteiger partial charge >= 0.3 is 0 Å². The number of nitrogens with zero attached hydrogens (tertiary/aromatic N) is 2. The average molecular weight is 332 g/mol. The molecule has 1 heterocycles. The molecule has 0 fully saturated rings. The molecular weight excluding hydrogens is 326 g/mol. The van der Waals surface area contributed by atoms with Gasteiger partial charge in [-0.15, -0.1) is 0 Å². The van der Waals surface area contributed by atoms with Crippen LogP contribution in [0.3, 0.4) is 0 Å². The van der Waals surface area contributed by atoms with E-state index in [0.717, 1.165) is 5.56 Å². The van der Waals surface area contributed by atoms with Crippen LogP contribution in [0, 0.1) is 11.3 Å². The van der Waals surface area contributed by atoms with E-state index < -0.39 is 0 Å². The van der Waals surface area contributed by atoms with E-state index in [0.29, 0.717) is 26.3 Å². The van der Waals surface area contributed by atoms with Gasteiger partial charge in [-0.1, -0.05) is 52.5 Å². The number of rotatable bonds is 2. The van der Waals surface area contributed by atoms with Gasteiger partial charge in [0.15, 0.2) is 0 Å². The maximum atomic E-state index is 8.74. The molecule has 0 saturated heterocycles. The summed E-state index contributed by atoms with van der Waals surface area (Å²) in [6, 6.07) is 7.21. The summed E-state index contributed by atoms with van der Waals surface area (Å²) >= 11 is 24.0. The molecular formula is C13H6Cl4N2. The highest BCUT2D eigenvalue weighted by molar-refractivity contribution is 6.49. The van der Waals surface area contributed by atoms with Gasteiger partial charge in [0.1, 0.15) is 5.15 Å². The number of nitriles is 1. The lowest BCUT2D eigenvalue weighted by molar-refractivity contribution is 1.19. The van der Waals surface area contributed by atoms with Crippen molar-refractivity contribution in [3.8, 4) is 17.2 Å². The zero-order chi connectivity index (χ0) is 14.0. The number of hydrogen-bond acceptors (Lipinski definition) is 2. The summed E-state index contributed by atoms with van der Waals surface area (Å²) < 4.78 is 0. The molecule has 0 spiro atoms. The van der Waals surface area contributed by atoms with Crippen LogP contribution in [0.4, 0.5) is 0 Å². The van der Waals surface area contributed by atoms with Crippen molar-refractivity contribution in [1.29, 1.82) is 5.26 Å². The fourth-order valence-corrected chi connectivity index (χ4v) is 2.41. The van der Waals surface area contributed by atoms with Crippen LogP contribution in [-0.2, 0) is 6.42 Å². The van der Waals surface area contributed by atoms with Crippen LogP contribution in [0.15, 0.2) is 24.4 Å². The fraction of sp³-hybridized carbons (Fsp3) is 0.0769. The Morgan fingerprint density at radius 3 is 2.53 bits per heavy atom. The summed E-state index contributed by atoms with van der Waals surface area (Å²) in [6.07, 6.45) is 1.76. The first kappa shape index (κ1) is 14.4. The lowest BCUT2D eigenvalue weighted by atomic mass is 10.1. The quantitative estimate of drug-likeness (QED) is 0.543. The smallest absolute Gasteiger partial charge is 0.133 e. The van der Waals surface area contributed by atoms with Crippen molar-refractivity contribution in [2.45, 2.75) is 6.42 Å². The van der Waals surface area contributed by atoms with E-state index in [2.05, 4.69) is 4.98 Å². The van der Waals surface area contributed by atoms with Gasteiger partial charge in [-0.25, -0.2) is 4.98 Å². The molecule has 0 radical (unpaired) electrons. The number of pyridine rings is 1. The summed E-state index contributed by atoms with van der Waals surface area (Å²) in [7, 11) is 0. The lowest BCUT2D eigenvalue weighted by Crippen LogP contribution is -1.90. The van der Waals surface area contributed by atoms with Crippen LogP contribution in [-0.4, -0.2) is 4.98 Å². The second-order valence-electron chi connectivity index (χ2n) is 3.73. The van der Waals surface area contributed by atoms with E-state index in [9.17, 15) is 0 Å². The zero-order valence-corrected chi connectivity index (χ0v) is 12.4. The van der Waals surface area contributed by atoms with Gasteiger partial charge in [0.2, 0.25) is 0 Å². The third-order valence-corrected chi connectivity index (χ3v) is 4.16. The summed E-state index contributed by atoms with van der Waals surface area (Å²) in [6.45, 7) is 0. The third-order valence-electron chi connectivity index (χ3n) is 2.53. The SMILES string of the molecule is N#CCc1cc(-c2ccc(Cl)c(Cl)c2Cl)cnc1Cl. The standard InChI is InChI=1S/C13H6Cl4N2/c14-10-2-1-9(11(15)12(10)16)8-5-7(3-4-18)13(17)19-6-8/h1-2,5-6H,3H2. The normalized spacial score (nSPS) is 10.3. The van der Waals surface area contributed by atoms with Gasteiger partial charge in [-0.2, -0.15) is 5.26 Å². The Morgan fingerprint density at radius 2 is 1.84 bits per heavy atom. The van der Waals surface area contributed by atoms with E-state index in [4.69, 9.17) is 51.7 Å². The van der Waals surface area contributed by atoms with Crippen molar-refractivity contribution in [3.63, 3.8) is 0 Å². The first-order valence-electron chi connectivity index (χ1n) is 5.20. The Morgan fingerprint density at radius 1 is 1.11 bits per heavy atom. The van der Waals surface area contributed by atoms with E-state index in [1.165, 1.54) is 0 Å². The first-order valence-corrected chi connectivity index (χ1v) is 6.71. The molecule has 1 aromatic heterocycles. The molecule has 2 rings (SSSR count). The van der Waals surface area contributed by atoms with Crippen LogP contribution < -0.4 is 0 Å². The van der Waals surface area contributed by atoms with Crippen LogP contribution in [0.1, 0.15) is 5.56 Å². The summed E-state index contributed by atoms with van der Waals surface area (Å²) in [5.41, 5.74) is 2.07. The molecule has 19 heavy (non-hydrogen) atoms. The molecule has 0 amide bonds. The summed E-state index contributed by atoms with van der Waals surface area (Å²) in [4.78, 5) is 4.05. The first-order chi connectivity index (χ1) is 9.04. The monoisotopic (exact) mass is 330 g/mol. The van der Waals surface area contributed by atoms with E-state index in [-0.39, 0.29) is 11.4 Å². The van der Waals surface area contributed by atoms with Crippen molar-refractivity contribution >= 4 is 46.4 Å². The Kier molecular flexibility index (Phi) is 4.54. The molecule has 2 nitrogen and oxygen atoms in total. The van der Waals surface area contributed by atoms with Gasteiger partial charge < -0.3 is 0 Å². The minimum absolute atomic E-state index is 0.179. The lowest BCUT2D eigenvalue weighted by Gasteiger charge is -2.09. The molecule has 0 atom stereocenters.